The first-order chi connectivity index (χ1) is 16.9. The van der Waals surface area contributed by atoms with Gasteiger partial charge in [-0.15, -0.1) is 0 Å². The molecule has 0 radical (unpaired) electrons. The van der Waals surface area contributed by atoms with Gasteiger partial charge < -0.3 is 30.5 Å². The average molecular weight is 494 g/mol. The molecule has 0 unspecified atom stereocenters. The lowest BCUT2D eigenvalue weighted by Crippen LogP contribution is -2.50. The zero-order valence-corrected chi connectivity index (χ0v) is 21.6. The second kappa shape index (κ2) is 19.1. The van der Waals surface area contributed by atoms with Crippen molar-refractivity contribution in [2.45, 2.75) is 109 Å². The second-order valence-electron chi connectivity index (χ2n) is 9.30. The van der Waals surface area contributed by atoms with E-state index in [4.69, 9.17) is 4.74 Å². The fourth-order valence-corrected chi connectivity index (χ4v) is 4.07. The maximum Gasteiger partial charge on any atom is 0.244 e. The highest BCUT2D eigenvalue weighted by Gasteiger charge is 2.26. The third-order valence-electron chi connectivity index (χ3n) is 6.32. The normalized spacial score (nSPS) is 14.1. The molecular weight excluding hydrogens is 446 g/mol. The first kappa shape index (κ1) is 30.9. The number of aromatic hydroxyl groups is 1. The van der Waals surface area contributed by atoms with Crippen LogP contribution in [0, 0.1) is 0 Å². The number of methoxy groups -OCH3 is 1. The number of rotatable bonds is 20. The molecule has 1 amide bonds. The molecule has 1 aromatic rings. The van der Waals surface area contributed by atoms with E-state index < -0.39 is 30.8 Å². The molecule has 0 saturated heterocycles. The van der Waals surface area contributed by atoms with Gasteiger partial charge in [-0.05, 0) is 30.2 Å². The first-order valence-electron chi connectivity index (χ1n) is 13.3. The number of ether oxygens (including phenoxy) is 1. The minimum absolute atomic E-state index is 0.000257. The average Bonchev–Trinajstić information content (AvgIpc) is 2.86. The van der Waals surface area contributed by atoms with E-state index in [0.717, 1.165) is 19.3 Å². The number of unbranched alkanes of at least 4 members (excludes halogenated alkanes) is 11. The van der Waals surface area contributed by atoms with Gasteiger partial charge >= 0.3 is 0 Å². The third-order valence-corrected chi connectivity index (χ3v) is 6.32. The Morgan fingerprint density at radius 3 is 2.09 bits per heavy atom. The van der Waals surface area contributed by atoms with Gasteiger partial charge in [0.1, 0.15) is 6.10 Å². The summed E-state index contributed by atoms with van der Waals surface area (Å²) in [6.45, 7) is 1.75. The van der Waals surface area contributed by atoms with Crippen LogP contribution in [0.5, 0.6) is 11.5 Å². The van der Waals surface area contributed by atoms with Crippen LogP contribution in [-0.2, 0) is 4.79 Å². The van der Waals surface area contributed by atoms with Gasteiger partial charge in [0, 0.05) is 6.08 Å². The molecule has 7 nitrogen and oxygen atoms in total. The van der Waals surface area contributed by atoms with E-state index in [9.17, 15) is 25.2 Å². The summed E-state index contributed by atoms with van der Waals surface area (Å²) < 4.78 is 5.04. The molecule has 0 saturated carbocycles. The number of aliphatic hydroxyl groups is 3. The Labute approximate surface area is 211 Å². The molecule has 3 atom stereocenters. The zero-order chi connectivity index (χ0) is 25.9. The third kappa shape index (κ3) is 13.5. The summed E-state index contributed by atoms with van der Waals surface area (Å²) in [5.41, 5.74) is 0.642. The molecule has 1 aromatic carbocycles. The minimum atomic E-state index is -1.25. The number of phenols is 1. The molecular formula is C28H47NO6. The van der Waals surface area contributed by atoms with Gasteiger partial charge in [0.05, 0.1) is 25.9 Å². The van der Waals surface area contributed by atoms with E-state index in [0.29, 0.717) is 12.0 Å². The minimum Gasteiger partial charge on any atom is -0.504 e. The summed E-state index contributed by atoms with van der Waals surface area (Å²) in [5, 5.41) is 42.5. The molecule has 0 aliphatic carbocycles. The lowest BCUT2D eigenvalue weighted by atomic mass is 9.99. The smallest absolute Gasteiger partial charge is 0.244 e. The number of carbonyl (C=O) groups is 1. The summed E-state index contributed by atoms with van der Waals surface area (Å²) in [6.07, 6.45) is 15.6. The Balaban J connectivity index is 2.25. The number of benzene rings is 1. The van der Waals surface area contributed by atoms with Gasteiger partial charge in [-0.25, -0.2) is 0 Å². The largest absolute Gasteiger partial charge is 0.504 e. The fourth-order valence-electron chi connectivity index (χ4n) is 4.07. The lowest BCUT2D eigenvalue weighted by molar-refractivity contribution is -0.119. The van der Waals surface area contributed by atoms with E-state index >= 15 is 0 Å². The van der Waals surface area contributed by atoms with E-state index in [1.807, 2.05) is 0 Å². The molecule has 7 heteroatoms. The van der Waals surface area contributed by atoms with Crippen LogP contribution >= 0.6 is 0 Å². The number of carbonyl (C=O) groups excluding carboxylic acids is 1. The van der Waals surface area contributed by atoms with E-state index in [2.05, 4.69) is 12.2 Å². The van der Waals surface area contributed by atoms with Crippen LogP contribution in [0.3, 0.4) is 0 Å². The van der Waals surface area contributed by atoms with Crippen LogP contribution in [0.15, 0.2) is 24.3 Å². The first-order valence-corrected chi connectivity index (χ1v) is 13.3. The Morgan fingerprint density at radius 2 is 1.54 bits per heavy atom. The molecule has 1 rings (SSSR count). The Morgan fingerprint density at radius 1 is 0.971 bits per heavy atom. The van der Waals surface area contributed by atoms with Crippen molar-refractivity contribution in [3.63, 3.8) is 0 Å². The highest BCUT2D eigenvalue weighted by Crippen LogP contribution is 2.26. The van der Waals surface area contributed by atoms with E-state index in [1.54, 1.807) is 12.1 Å². The van der Waals surface area contributed by atoms with Crippen molar-refractivity contribution in [3.05, 3.63) is 29.8 Å². The van der Waals surface area contributed by atoms with Gasteiger partial charge in [0.25, 0.3) is 0 Å². The monoisotopic (exact) mass is 493 g/mol. The molecule has 35 heavy (non-hydrogen) atoms. The zero-order valence-electron chi connectivity index (χ0n) is 21.6. The molecule has 0 heterocycles. The second-order valence-corrected chi connectivity index (χ2v) is 9.30. The van der Waals surface area contributed by atoms with Crippen LogP contribution in [0.2, 0.25) is 0 Å². The number of phenolic OH excluding ortho intramolecular Hbond substituents is 1. The summed E-state index contributed by atoms with van der Waals surface area (Å²) in [4.78, 5) is 12.2. The number of amides is 1. The van der Waals surface area contributed by atoms with Crippen LogP contribution in [0.1, 0.15) is 96.0 Å². The van der Waals surface area contributed by atoms with Crippen LogP contribution in [-0.4, -0.2) is 58.3 Å². The quantitative estimate of drug-likeness (QED) is 0.133. The van der Waals surface area contributed by atoms with E-state index in [1.165, 1.54) is 83.1 Å². The van der Waals surface area contributed by atoms with Crippen molar-refractivity contribution in [1.82, 2.24) is 5.32 Å². The predicted molar refractivity (Wildman–Crippen MR) is 140 cm³/mol. The summed E-state index contributed by atoms with van der Waals surface area (Å²) >= 11 is 0. The van der Waals surface area contributed by atoms with Crippen molar-refractivity contribution >= 4 is 12.0 Å². The van der Waals surface area contributed by atoms with Gasteiger partial charge in [0.15, 0.2) is 11.5 Å². The van der Waals surface area contributed by atoms with Crippen LogP contribution < -0.4 is 10.1 Å². The van der Waals surface area contributed by atoms with Gasteiger partial charge in [0.2, 0.25) is 5.91 Å². The van der Waals surface area contributed by atoms with Crippen molar-refractivity contribution < 1.29 is 30.0 Å². The molecule has 0 aliphatic rings. The molecule has 0 bridgehead atoms. The topological polar surface area (TPSA) is 119 Å². The maximum atomic E-state index is 12.2. The SMILES string of the molecule is CCCCCCCCCCCCCC[C@@H](O)[C@@H](O)[C@H](CO)NC(=O)/C=C/c1ccc(O)c(OC)c1. The molecule has 0 spiro atoms. The predicted octanol–water partition coefficient (Wildman–Crippen LogP) is 4.70. The number of hydrogen-bond donors (Lipinski definition) is 5. The maximum absolute atomic E-state index is 12.2. The van der Waals surface area contributed by atoms with Gasteiger partial charge in [-0.3, -0.25) is 4.79 Å². The van der Waals surface area contributed by atoms with Crippen molar-refractivity contribution in [3.8, 4) is 11.5 Å². The summed E-state index contributed by atoms with van der Waals surface area (Å²) in [7, 11) is 1.44. The molecule has 5 N–H and O–H groups in total. The Hall–Kier alpha value is -2.09. The standard InChI is InChI=1S/C28H47NO6/c1-3-4-5-6-7-8-9-10-11-12-13-14-15-25(32)28(34)23(21-30)29-27(33)19-17-22-16-18-24(31)26(20-22)35-2/h16-20,23,25,28,30-32,34H,3-15,21H2,1-2H3,(H,29,33)/b19-17+/t23-,25+,28-/m0/s1. The van der Waals surface area contributed by atoms with Crippen LogP contribution in [0.25, 0.3) is 6.08 Å². The highest BCUT2D eigenvalue weighted by molar-refractivity contribution is 5.92. The van der Waals surface area contributed by atoms with Gasteiger partial charge in [-0.2, -0.15) is 0 Å². The molecule has 200 valence electrons. The molecule has 0 aromatic heterocycles. The molecule has 0 fully saturated rings. The molecule has 0 aliphatic heterocycles. The van der Waals surface area contributed by atoms with E-state index in [-0.39, 0.29) is 11.5 Å². The number of aliphatic hydroxyl groups excluding tert-OH is 3. The Kier molecular flexibility index (Phi) is 16.9. The fraction of sp³-hybridized carbons (Fsp3) is 0.679. The van der Waals surface area contributed by atoms with Crippen molar-refractivity contribution in [2.24, 2.45) is 0 Å². The summed E-state index contributed by atoms with van der Waals surface area (Å²) in [6, 6.07) is 3.70. The van der Waals surface area contributed by atoms with Gasteiger partial charge in [-0.1, -0.05) is 90.0 Å². The number of hydrogen-bond acceptors (Lipinski definition) is 6. The van der Waals surface area contributed by atoms with Crippen molar-refractivity contribution in [2.75, 3.05) is 13.7 Å². The summed E-state index contributed by atoms with van der Waals surface area (Å²) in [5.74, 6) is -0.218. The highest BCUT2D eigenvalue weighted by atomic mass is 16.5. The number of nitrogens with one attached hydrogen (secondary N) is 1. The lowest BCUT2D eigenvalue weighted by Gasteiger charge is -2.26. The Bertz CT molecular complexity index is 723. The van der Waals surface area contributed by atoms with Crippen molar-refractivity contribution in [1.29, 1.82) is 0 Å². The van der Waals surface area contributed by atoms with Crippen LogP contribution in [0.4, 0.5) is 0 Å².